The third-order valence-corrected chi connectivity index (χ3v) is 16.7. The summed E-state index contributed by atoms with van der Waals surface area (Å²) in [5.41, 5.74) is 11.5. The third kappa shape index (κ3) is 11.2. The molecule has 18 heteroatoms. The van der Waals surface area contributed by atoms with E-state index in [1.54, 1.807) is 54.7 Å². The fourth-order valence-corrected chi connectivity index (χ4v) is 10.6. The number of hydrogen-bond donors (Lipinski definition) is 1. The molecular weight excluding hydrogens is 951 g/mol. The van der Waals surface area contributed by atoms with Gasteiger partial charge in [0, 0.05) is 84.4 Å². The molecule has 382 valence electrons. The van der Waals surface area contributed by atoms with Crippen LogP contribution in [0.3, 0.4) is 0 Å². The van der Waals surface area contributed by atoms with Gasteiger partial charge in [-0.3, -0.25) is 29.0 Å². The van der Waals surface area contributed by atoms with E-state index in [-0.39, 0.29) is 67.9 Å². The van der Waals surface area contributed by atoms with Crippen molar-refractivity contribution in [3.05, 3.63) is 107 Å². The van der Waals surface area contributed by atoms with Crippen LogP contribution >= 0.6 is 0 Å². The molecule has 4 aromatic rings. The maximum Gasteiger partial charge on any atom is 0.260 e. The monoisotopic (exact) mass is 1020 g/mol. The largest absolute Gasteiger partial charge is 0.497 e. The number of para-hydroxylation sites is 1. The molecule has 72 heavy (non-hydrogen) atoms. The number of amides is 4. The molecule has 0 unspecified atom stereocenters. The van der Waals surface area contributed by atoms with Crippen LogP contribution in [0.25, 0.3) is 11.1 Å². The molecule has 0 radical (unpaired) electrons. The van der Waals surface area contributed by atoms with Crippen LogP contribution in [0, 0.1) is 0 Å². The summed E-state index contributed by atoms with van der Waals surface area (Å²) in [6.07, 6.45) is 4.47. The fraction of sp³-hybridized carbons (Fsp3) is 0.407. The summed E-state index contributed by atoms with van der Waals surface area (Å²) in [6.45, 7) is 14.7. The Labute approximate surface area is 424 Å². The van der Waals surface area contributed by atoms with Gasteiger partial charge in [0.15, 0.2) is 23.0 Å². The second kappa shape index (κ2) is 21.6. The molecule has 2 N–H and O–H groups in total. The van der Waals surface area contributed by atoms with E-state index in [1.165, 1.54) is 28.9 Å². The quantitative estimate of drug-likeness (QED) is 0.0478. The number of nitrogen functional groups attached to an aromatic ring is 1. The normalized spacial score (nSPS) is 17.7. The van der Waals surface area contributed by atoms with Crippen LogP contribution in [0.2, 0.25) is 51.4 Å². The van der Waals surface area contributed by atoms with Crippen molar-refractivity contribution in [2.75, 3.05) is 76.8 Å². The minimum Gasteiger partial charge on any atom is -0.497 e. The summed E-state index contributed by atoms with van der Waals surface area (Å²) in [5, 5.41) is 0. The highest BCUT2D eigenvalue weighted by Crippen LogP contribution is 2.44. The fourth-order valence-electron chi connectivity index (χ4n) is 9.08. The Kier molecular flexibility index (Phi) is 15.5. The zero-order valence-electron chi connectivity index (χ0n) is 42.9. The molecule has 0 aliphatic carbocycles. The number of fused-ring (bicyclic) bond motifs is 4. The number of rotatable bonds is 21. The predicted octanol–water partition coefficient (Wildman–Crippen LogP) is 8.97. The summed E-state index contributed by atoms with van der Waals surface area (Å²) in [6, 6.07) is 21.7. The van der Waals surface area contributed by atoms with E-state index in [0.717, 1.165) is 34.4 Å². The van der Waals surface area contributed by atoms with Crippen molar-refractivity contribution >= 4 is 68.0 Å². The topological polar surface area (TPSA) is 172 Å². The van der Waals surface area contributed by atoms with E-state index >= 15 is 0 Å². The Balaban J connectivity index is 1.02. The summed E-state index contributed by atoms with van der Waals surface area (Å²) < 4.78 is 42.0. The van der Waals surface area contributed by atoms with Gasteiger partial charge in [-0.2, -0.15) is 0 Å². The Bertz CT molecular complexity index is 2770. The summed E-state index contributed by atoms with van der Waals surface area (Å²) in [7, 11) is 1.71. The number of carbonyl (C=O) groups is 4. The molecule has 0 spiro atoms. The zero-order valence-corrected chi connectivity index (χ0v) is 44.9. The van der Waals surface area contributed by atoms with Crippen LogP contribution in [0.1, 0.15) is 51.1 Å². The predicted molar refractivity (Wildman–Crippen MR) is 283 cm³/mol. The summed E-state index contributed by atoms with van der Waals surface area (Å²) >= 11 is 0. The Hall–Kier alpha value is -6.61. The molecule has 4 aliphatic rings. The number of anilines is 3. The molecular formula is C54H67N5O11Si2. The second-order valence-electron chi connectivity index (χ2n) is 20.8. The first-order chi connectivity index (χ1) is 34.4. The molecule has 4 aromatic carbocycles. The van der Waals surface area contributed by atoms with Gasteiger partial charge in [0.25, 0.3) is 23.6 Å². The first-order valence-corrected chi connectivity index (χ1v) is 31.8. The lowest BCUT2D eigenvalue weighted by Crippen LogP contribution is -2.45. The van der Waals surface area contributed by atoms with Crippen LogP contribution in [0.15, 0.2) is 85.2 Å². The van der Waals surface area contributed by atoms with Gasteiger partial charge in [-0.1, -0.05) is 69.6 Å². The smallest absolute Gasteiger partial charge is 0.260 e. The van der Waals surface area contributed by atoms with E-state index in [0.29, 0.717) is 71.9 Å². The molecule has 16 nitrogen and oxygen atoms in total. The van der Waals surface area contributed by atoms with Crippen LogP contribution in [0.4, 0.5) is 17.1 Å². The highest BCUT2D eigenvalue weighted by atomic mass is 28.3. The Morgan fingerprint density at radius 3 is 1.49 bits per heavy atom. The standard InChI is InChI=1S/C54H67N5O11Si2/c1-64-38-17-15-35(16-18-38)36-25-45-53(62)58(33-67-21-23-71(4,5)6)43-29-49(47(65-2)27-40(43)51(60)56(45)31-36)69-19-12-20-70-50-30-44-41(28-48(50)66-3)52(61)57-32-37(39-13-10-11-14-42(39)55)26-46(57)54(63)59(44)34-68-22-24-72(7,8)9/h10-11,13-18,27-32,45-46H,12,19-26,33-34,55H2,1-9H3/t45-,46-/m0/s1. The van der Waals surface area contributed by atoms with Crippen LogP contribution in [-0.2, 0) is 19.1 Å². The molecule has 8 rings (SSSR count). The van der Waals surface area contributed by atoms with Crippen molar-refractivity contribution in [2.45, 2.75) is 82.7 Å². The van der Waals surface area contributed by atoms with Gasteiger partial charge >= 0.3 is 0 Å². The van der Waals surface area contributed by atoms with Crippen molar-refractivity contribution in [3.8, 4) is 28.7 Å². The number of ether oxygens (including phenoxy) is 7. The van der Waals surface area contributed by atoms with Gasteiger partial charge in [0.2, 0.25) is 0 Å². The van der Waals surface area contributed by atoms with Crippen LogP contribution < -0.4 is 39.2 Å². The number of methoxy groups -OCH3 is 3. The minimum atomic E-state index is -1.45. The minimum absolute atomic E-state index is 0.0491. The van der Waals surface area contributed by atoms with Gasteiger partial charge in [-0.15, -0.1) is 0 Å². The second-order valence-corrected chi connectivity index (χ2v) is 32.1. The molecule has 4 aliphatic heterocycles. The van der Waals surface area contributed by atoms with E-state index in [1.807, 2.05) is 42.5 Å². The highest BCUT2D eigenvalue weighted by molar-refractivity contribution is 6.76. The highest BCUT2D eigenvalue weighted by Gasteiger charge is 2.45. The molecule has 4 heterocycles. The number of benzene rings is 4. The lowest BCUT2D eigenvalue weighted by molar-refractivity contribution is -0.123. The number of nitrogens with two attached hydrogens (primary N) is 1. The molecule has 0 bridgehead atoms. The van der Waals surface area contributed by atoms with Crippen molar-refractivity contribution in [1.29, 1.82) is 0 Å². The average Bonchev–Trinajstić information content (AvgIpc) is 3.98. The first kappa shape index (κ1) is 51.7. The lowest BCUT2D eigenvalue weighted by Gasteiger charge is -2.27. The van der Waals surface area contributed by atoms with E-state index in [4.69, 9.17) is 38.9 Å². The molecule has 4 amide bonds. The third-order valence-electron chi connectivity index (χ3n) is 13.3. The van der Waals surface area contributed by atoms with E-state index in [2.05, 4.69) is 39.3 Å². The SMILES string of the molecule is COc1ccc(C2=CN3C(=O)c4cc(OC)c(OCCCOc5cc6c(cc5OC)C(=O)N5C=C(c7ccccc7N)C[C@H]5C(=O)N6COCC[Si](C)(C)C)cc4N(COCC[Si](C)(C)C)C(=O)[C@@H]3C2)cc1. The van der Waals surface area contributed by atoms with Crippen molar-refractivity contribution in [2.24, 2.45) is 0 Å². The van der Waals surface area contributed by atoms with Crippen LogP contribution in [-0.4, -0.2) is 123 Å². The van der Waals surface area contributed by atoms with Gasteiger partial charge in [0.1, 0.15) is 31.3 Å². The number of hydrogen-bond acceptors (Lipinski definition) is 12. The van der Waals surface area contributed by atoms with Gasteiger partial charge in [0.05, 0.1) is 57.0 Å². The molecule has 2 atom stereocenters. The molecule has 0 saturated carbocycles. The first-order valence-electron chi connectivity index (χ1n) is 24.4. The van der Waals surface area contributed by atoms with Gasteiger partial charge in [-0.05, 0) is 59.1 Å². The molecule has 0 saturated heterocycles. The molecule has 0 aromatic heterocycles. The van der Waals surface area contributed by atoms with Gasteiger partial charge < -0.3 is 48.7 Å². The van der Waals surface area contributed by atoms with E-state index in [9.17, 15) is 19.2 Å². The zero-order chi connectivity index (χ0) is 51.5. The van der Waals surface area contributed by atoms with Crippen molar-refractivity contribution in [1.82, 2.24) is 9.80 Å². The molecule has 0 fully saturated rings. The average molecular weight is 1020 g/mol. The van der Waals surface area contributed by atoms with Crippen molar-refractivity contribution < 1.29 is 52.3 Å². The van der Waals surface area contributed by atoms with Gasteiger partial charge in [-0.25, -0.2) is 0 Å². The summed E-state index contributed by atoms with van der Waals surface area (Å²) in [5.74, 6) is 0.730. The Morgan fingerprint density at radius 2 is 1.03 bits per heavy atom. The number of carbonyl (C=O) groups excluding carboxylic acids is 4. The maximum absolute atomic E-state index is 14.6. The maximum atomic E-state index is 14.6. The van der Waals surface area contributed by atoms with Crippen LogP contribution in [0.5, 0.6) is 28.7 Å². The Morgan fingerprint density at radius 1 is 0.556 bits per heavy atom. The summed E-state index contributed by atoms with van der Waals surface area (Å²) in [4.78, 5) is 64.2. The number of nitrogens with zero attached hydrogens (tertiary/aromatic N) is 4. The van der Waals surface area contributed by atoms with Crippen molar-refractivity contribution in [3.63, 3.8) is 0 Å². The van der Waals surface area contributed by atoms with E-state index < -0.39 is 28.2 Å². The lowest BCUT2D eigenvalue weighted by atomic mass is 10.0.